The van der Waals surface area contributed by atoms with Crippen molar-refractivity contribution in [3.8, 4) is 0 Å². The Balaban J connectivity index is 2.83. The molecule has 0 saturated heterocycles. The molecule has 0 aliphatic heterocycles. The van der Waals surface area contributed by atoms with E-state index in [1.807, 2.05) is 13.0 Å². The average Bonchev–Trinajstić information content (AvgIpc) is 2.22. The molecule has 0 aromatic heterocycles. The number of amides is 2. The molecule has 1 aromatic carbocycles. The number of methoxy groups -OCH3 is 1. The maximum absolute atomic E-state index is 11.4. The summed E-state index contributed by atoms with van der Waals surface area (Å²) in [4.78, 5) is 22.3. The fraction of sp³-hybridized carbons (Fsp3) is 0.333. The van der Waals surface area contributed by atoms with Gasteiger partial charge in [0.05, 0.1) is 0 Å². The first-order valence-electron chi connectivity index (χ1n) is 5.20. The first kappa shape index (κ1) is 13.2. The Labute approximate surface area is 100 Å². The van der Waals surface area contributed by atoms with Gasteiger partial charge in [0.15, 0.2) is 0 Å². The zero-order valence-electron chi connectivity index (χ0n) is 10.2. The van der Waals surface area contributed by atoms with E-state index in [4.69, 9.17) is 4.74 Å². The molecule has 5 heteroatoms. The number of carbonyl (C=O) groups excluding carboxylic acids is 2. The lowest BCUT2D eigenvalue weighted by Gasteiger charge is -2.10. The number of aryl methyl sites for hydroxylation is 1. The van der Waals surface area contributed by atoms with Gasteiger partial charge in [-0.3, -0.25) is 9.59 Å². The molecule has 5 nitrogen and oxygen atoms in total. The highest BCUT2D eigenvalue weighted by Gasteiger charge is 2.05. The van der Waals surface area contributed by atoms with Gasteiger partial charge in [0.1, 0.15) is 6.61 Å². The lowest BCUT2D eigenvalue weighted by Crippen LogP contribution is -2.18. The summed E-state index contributed by atoms with van der Waals surface area (Å²) in [6.45, 7) is 3.31. The SMILES string of the molecule is COCC(=O)Nc1cc(NC(C)=O)ccc1C. The summed E-state index contributed by atoms with van der Waals surface area (Å²) in [5.41, 5.74) is 2.23. The number of nitrogens with one attached hydrogen (secondary N) is 2. The van der Waals surface area contributed by atoms with E-state index >= 15 is 0 Å². The van der Waals surface area contributed by atoms with E-state index in [0.29, 0.717) is 11.4 Å². The monoisotopic (exact) mass is 236 g/mol. The van der Waals surface area contributed by atoms with E-state index in [-0.39, 0.29) is 18.4 Å². The van der Waals surface area contributed by atoms with Crippen molar-refractivity contribution in [3.63, 3.8) is 0 Å². The molecule has 2 N–H and O–H groups in total. The first-order valence-corrected chi connectivity index (χ1v) is 5.20. The second kappa shape index (κ2) is 6.00. The van der Waals surface area contributed by atoms with Gasteiger partial charge in [-0.15, -0.1) is 0 Å². The van der Waals surface area contributed by atoms with E-state index < -0.39 is 0 Å². The molecule has 17 heavy (non-hydrogen) atoms. The number of ether oxygens (including phenoxy) is 1. The fourth-order valence-corrected chi connectivity index (χ4v) is 1.36. The van der Waals surface area contributed by atoms with E-state index in [2.05, 4.69) is 10.6 Å². The zero-order valence-corrected chi connectivity index (χ0v) is 10.2. The Bertz CT molecular complexity index is 430. The van der Waals surface area contributed by atoms with E-state index in [1.165, 1.54) is 14.0 Å². The summed E-state index contributed by atoms with van der Waals surface area (Å²) in [5.74, 6) is -0.376. The second-order valence-electron chi connectivity index (χ2n) is 3.69. The van der Waals surface area contributed by atoms with Crippen molar-refractivity contribution in [2.24, 2.45) is 0 Å². The molecule has 0 spiro atoms. The van der Waals surface area contributed by atoms with Crippen LogP contribution in [-0.2, 0) is 14.3 Å². The van der Waals surface area contributed by atoms with Crippen molar-refractivity contribution in [2.45, 2.75) is 13.8 Å². The Morgan fingerprint density at radius 1 is 1.29 bits per heavy atom. The van der Waals surface area contributed by atoms with Crippen molar-refractivity contribution in [1.82, 2.24) is 0 Å². The third-order valence-electron chi connectivity index (χ3n) is 2.11. The van der Waals surface area contributed by atoms with Crippen LogP contribution in [0.15, 0.2) is 18.2 Å². The first-order chi connectivity index (χ1) is 8.02. The minimum Gasteiger partial charge on any atom is -0.375 e. The highest BCUT2D eigenvalue weighted by molar-refractivity contribution is 5.94. The van der Waals surface area contributed by atoms with Crippen LogP contribution < -0.4 is 10.6 Å². The predicted molar refractivity (Wildman–Crippen MR) is 66.0 cm³/mol. The van der Waals surface area contributed by atoms with Gasteiger partial charge in [0, 0.05) is 25.4 Å². The van der Waals surface area contributed by atoms with E-state index in [1.54, 1.807) is 12.1 Å². The standard InChI is InChI=1S/C12H16N2O3/c1-8-4-5-10(13-9(2)15)6-11(8)14-12(16)7-17-3/h4-6H,7H2,1-3H3,(H,13,15)(H,14,16). The molecule has 1 aromatic rings. The molecular weight excluding hydrogens is 220 g/mol. The van der Waals surface area contributed by atoms with Gasteiger partial charge < -0.3 is 15.4 Å². The highest BCUT2D eigenvalue weighted by atomic mass is 16.5. The highest BCUT2D eigenvalue weighted by Crippen LogP contribution is 2.20. The minimum absolute atomic E-state index is 0.00377. The summed E-state index contributed by atoms with van der Waals surface area (Å²) in [7, 11) is 1.46. The van der Waals surface area contributed by atoms with Crippen LogP contribution in [-0.4, -0.2) is 25.5 Å². The van der Waals surface area contributed by atoms with Crippen molar-refractivity contribution in [1.29, 1.82) is 0 Å². The molecule has 0 radical (unpaired) electrons. The van der Waals surface area contributed by atoms with Gasteiger partial charge in [0.25, 0.3) is 0 Å². The van der Waals surface area contributed by atoms with Gasteiger partial charge in [-0.1, -0.05) is 6.07 Å². The molecule has 0 atom stereocenters. The number of benzene rings is 1. The topological polar surface area (TPSA) is 67.4 Å². The molecule has 2 amide bonds. The Morgan fingerprint density at radius 3 is 2.59 bits per heavy atom. The van der Waals surface area contributed by atoms with Gasteiger partial charge in [0.2, 0.25) is 11.8 Å². The number of hydrogen-bond donors (Lipinski definition) is 2. The van der Waals surface area contributed by atoms with Crippen LogP contribution in [0.4, 0.5) is 11.4 Å². The lowest BCUT2D eigenvalue weighted by molar-refractivity contribution is -0.119. The van der Waals surface area contributed by atoms with Crippen LogP contribution in [0, 0.1) is 6.92 Å². The molecule has 92 valence electrons. The van der Waals surface area contributed by atoms with Gasteiger partial charge in [-0.2, -0.15) is 0 Å². The Kier molecular flexibility index (Phi) is 4.66. The average molecular weight is 236 g/mol. The largest absolute Gasteiger partial charge is 0.375 e. The molecule has 0 fully saturated rings. The summed E-state index contributed by atoms with van der Waals surface area (Å²) >= 11 is 0. The zero-order chi connectivity index (χ0) is 12.8. The number of hydrogen-bond acceptors (Lipinski definition) is 3. The summed E-state index contributed by atoms with van der Waals surface area (Å²) in [5, 5.41) is 5.37. The molecule has 0 aliphatic carbocycles. The molecular formula is C12H16N2O3. The quantitative estimate of drug-likeness (QED) is 0.833. The maximum atomic E-state index is 11.4. The van der Waals surface area contributed by atoms with Gasteiger partial charge in [-0.05, 0) is 24.6 Å². The maximum Gasteiger partial charge on any atom is 0.250 e. The molecule has 0 heterocycles. The van der Waals surface area contributed by atoms with Crippen LogP contribution in [0.2, 0.25) is 0 Å². The van der Waals surface area contributed by atoms with Crippen LogP contribution in [0.3, 0.4) is 0 Å². The number of rotatable bonds is 4. The smallest absolute Gasteiger partial charge is 0.250 e. The second-order valence-corrected chi connectivity index (χ2v) is 3.69. The Hall–Kier alpha value is -1.88. The van der Waals surface area contributed by atoms with Crippen molar-refractivity contribution < 1.29 is 14.3 Å². The van der Waals surface area contributed by atoms with E-state index in [0.717, 1.165) is 5.56 Å². The lowest BCUT2D eigenvalue weighted by atomic mass is 10.1. The normalized spacial score (nSPS) is 9.82. The van der Waals surface area contributed by atoms with Crippen LogP contribution in [0.25, 0.3) is 0 Å². The van der Waals surface area contributed by atoms with Crippen molar-refractivity contribution >= 4 is 23.2 Å². The molecule has 0 unspecified atom stereocenters. The summed E-state index contributed by atoms with van der Waals surface area (Å²) in [6.07, 6.45) is 0. The minimum atomic E-state index is -0.226. The van der Waals surface area contributed by atoms with Crippen LogP contribution in [0.5, 0.6) is 0 Å². The van der Waals surface area contributed by atoms with E-state index in [9.17, 15) is 9.59 Å². The molecule has 1 rings (SSSR count). The Morgan fingerprint density at radius 2 is 2.00 bits per heavy atom. The third kappa shape index (κ3) is 4.24. The molecule has 0 bridgehead atoms. The number of anilines is 2. The van der Waals surface area contributed by atoms with Crippen LogP contribution >= 0.6 is 0 Å². The third-order valence-corrected chi connectivity index (χ3v) is 2.11. The summed E-state index contributed by atoms with van der Waals surface area (Å²) < 4.78 is 4.73. The predicted octanol–water partition coefficient (Wildman–Crippen LogP) is 1.54. The number of carbonyl (C=O) groups is 2. The van der Waals surface area contributed by atoms with Gasteiger partial charge >= 0.3 is 0 Å². The van der Waals surface area contributed by atoms with Crippen molar-refractivity contribution in [2.75, 3.05) is 24.4 Å². The fourth-order valence-electron chi connectivity index (χ4n) is 1.36. The van der Waals surface area contributed by atoms with Crippen LogP contribution in [0.1, 0.15) is 12.5 Å². The molecule has 0 aliphatic rings. The molecule has 0 saturated carbocycles. The summed E-state index contributed by atoms with van der Waals surface area (Å²) in [6, 6.07) is 5.32. The van der Waals surface area contributed by atoms with Crippen molar-refractivity contribution in [3.05, 3.63) is 23.8 Å². The van der Waals surface area contributed by atoms with Gasteiger partial charge in [-0.25, -0.2) is 0 Å².